The topological polar surface area (TPSA) is 96.7 Å². The fourth-order valence-electron chi connectivity index (χ4n) is 3.17. The van der Waals surface area contributed by atoms with Crippen LogP contribution in [0.3, 0.4) is 0 Å². The smallest absolute Gasteiger partial charge is 0.248 e. The average molecular weight is 357 g/mol. The van der Waals surface area contributed by atoms with Gasteiger partial charge in [0, 0.05) is 53.9 Å². The number of benzene rings is 1. The van der Waals surface area contributed by atoms with E-state index in [9.17, 15) is 4.79 Å². The fraction of sp³-hybridized carbons (Fsp3) is 0.0952. The van der Waals surface area contributed by atoms with Gasteiger partial charge in [-0.3, -0.25) is 9.78 Å². The third-order valence-corrected chi connectivity index (χ3v) is 4.49. The molecule has 0 bridgehead atoms. The first-order valence-corrected chi connectivity index (χ1v) is 8.68. The van der Waals surface area contributed by atoms with E-state index in [1.54, 1.807) is 30.7 Å². The van der Waals surface area contributed by atoms with Gasteiger partial charge in [-0.15, -0.1) is 0 Å². The van der Waals surface area contributed by atoms with Crippen LogP contribution in [0.4, 0.5) is 0 Å². The number of nitrogens with zero attached hydrogens (tertiary/aromatic N) is 2. The van der Waals surface area contributed by atoms with Crippen LogP contribution >= 0.6 is 0 Å². The lowest BCUT2D eigenvalue weighted by molar-refractivity contribution is 0.100. The number of H-pyrrole nitrogens is 1. The highest BCUT2D eigenvalue weighted by Gasteiger charge is 2.14. The zero-order valence-corrected chi connectivity index (χ0v) is 14.6. The van der Waals surface area contributed by atoms with Gasteiger partial charge in [0.2, 0.25) is 5.91 Å². The molecule has 1 amide bonds. The second-order valence-electron chi connectivity index (χ2n) is 6.28. The van der Waals surface area contributed by atoms with E-state index in [0.717, 1.165) is 34.4 Å². The van der Waals surface area contributed by atoms with E-state index in [1.807, 2.05) is 36.4 Å². The Morgan fingerprint density at radius 2 is 1.78 bits per heavy atom. The summed E-state index contributed by atoms with van der Waals surface area (Å²) in [5.74, 6) is -0.429. The molecule has 4 aromatic rings. The minimum Gasteiger partial charge on any atom is -0.366 e. The summed E-state index contributed by atoms with van der Waals surface area (Å²) < 4.78 is 0. The molecule has 4 rings (SSSR count). The van der Waals surface area contributed by atoms with Crippen molar-refractivity contribution >= 4 is 16.9 Å². The van der Waals surface area contributed by atoms with Crippen molar-refractivity contribution in [2.24, 2.45) is 5.73 Å². The molecule has 3 heterocycles. The summed E-state index contributed by atoms with van der Waals surface area (Å²) in [5.41, 5.74) is 11.0. The van der Waals surface area contributed by atoms with Crippen molar-refractivity contribution in [1.82, 2.24) is 20.3 Å². The number of fused-ring (bicyclic) bond motifs is 1. The summed E-state index contributed by atoms with van der Waals surface area (Å²) in [6, 6.07) is 15.3. The van der Waals surface area contributed by atoms with Gasteiger partial charge in [-0.05, 0) is 47.5 Å². The summed E-state index contributed by atoms with van der Waals surface area (Å²) in [7, 11) is 0. The molecular weight excluding hydrogens is 338 g/mol. The quantitative estimate of drug-likeness (QED) is 0.494. The fourth-order valence-corrected chi connectivity index (χ4v) is 3.17. The van der Waals surface area contributed by atoms with E-state index in [-0.39, 0.29) is 0 Å². The van der Waals surface area contributed by atoms with Gasteiger partial charge in [0.25, 0.3) is 0 Å². The standard InChI is InChI=1S/C21H19N5O/c22-20(27)16-5-3-15(4-6-16)19-17-2-1-9-25-21(17)26-18(19)13-24-12-14-7-10-23-11-8-14/h1-11,24H,12-13H2,(H2,22,27)(H,25,26). The van der Waals surface area contributed by atoms with Crippen molar-refractivity contribution in [2.45, 2.75) is 13.1 Å². The molecule has 27 heavy (non-hydrogen) atoms. The molecule has 0 unspecified atom stereocenters. The van der Waals surface area contributed by atoms with E-state index in [0.29, 0.717) is 12.1 Å². The molecule has 0 fully saturated rings. The number of nitrogens with two attached hydrogens (primary N) is 1. The molecule has 6 nitrogen and oxygen atoms in total. The van der Waals surface area contributed by atoms with Gasteiger partial charge in [0.15, 0.2) is 0 Å². The second-order valence-corrected chi connectivity index (χ2v) is 6.28. The first-order chi connectivity index (χ1) is 13.2. The molecule has 0 aliphatic heterocycles. The highest BCUT2D eigenvalue weighted by Crippen LogP contribution is 2.31. The van der Waals surface area contributed by atoms with Crippen LogP contribution < -0.4 is 11.1 Å². The molecule has 0 spiro atoms. The molecule has 0 saturated carbocycles. The third kappa shape index (κ3) is 3.56. The zero-order valence-electron chi connectivity index (χ0n) is 14.6. The number of primary amides is 1. The van der Waals surface area contributed by atoms with Crippen molar-refractivity contribution in [3.05, 3.63) is 83.9 Å². The van der Waals surface area contributed by atoms with E-state index in [1.165, 1.54) is 5.56 Å². The molecule has 0 atom stereocenters. The van der Waals surface area contributed by atoms with E-state index >= 15 is 0 Å². The zero-order chi connectivity index (χ0) is 18.6. The Hall–Kier alpha value is -3.51. The van der Waals surface area contributed by atoms with Crippen LogP contribution in [0, 0.1) is 0 Å². The van der Waals surface area contributed by atoms with Crippen LogP contribution in [0.1, 0.15) is 21.6 Å². The van der Waals surface area contributed by atoms with Crippen molar-refractivity contribution < 1.29 is 4.79 Å². The van der Waals surface area contributed by atoms with Crippen molar-refractivity contribution in [3.63, 3.8) is 0 Å². The predicted octanol–water partition coefficient (Wildman–Crippen LogP) is 3.01. The Bertz CT molecular complexity index is 1070. The van der Waals surface area contributed by atoms with Gasteiger partial charge in [-0.2, -0.15) is 0 Å². The highest BCUT2D eigenvalue weighted by atomic mass is 16.1. The lowest BCUT2D eigenvalue weighted by Crippen LogP contribution is -2.13. The summed E-state index contributed by atoms with van der Waals surface area (Å²) in [5, 5.41) is 4.50. The minimum absolute atomic E-state index is 0.429. The number of aromatic amines is 1. The van der Waals surface area contributed by atoms with Gasteiger partial charge in [0.05, 0.1) is 0 Å². The minimum atomic E-state index is -0.429. The van der Waals surface area contributed by atoms with Crippen molar-refractivity contribution in [3.8, 4) is 11.1 Å². The van der Waals surface area contributed by atoms with E-state index < -0.39 is 5.91 Å². The molecule has 0 radical (unpaired) electrons. The number of carbonyl (C=O) groups excluding carboxylic acids is 1. The summed E-state index contributed by atoms with van der Waals surface area (Å²) in [4.78, 5) is 23.2. The van der Waals surface area contributed by atoms with Crippen molar-refractivity contribution in [1.29, 1.82) is 0 Å². The third-order valence-electron chi connectivity index (χ3n) is 4.49. The number of rotatable bonds is 6. The SMILES string of the molecule is NC(=O)c1ccc(-c2c(CNCc3ccncc3)[nH]c3ncccc23)cc1. The van der Waals surface area contributed by atoms with Crippen LogP contribution in [0.2, 0.25) is 0 Å². The number of hydrogen-bond acceptors (Lipinski definition) is 4. The first-order valence-electron chi connectivity index (χ1n) is 8.68. The van der Waals surface area contributed by atoms with Crippen LogP contribution in [0.25, 0.3) is 22.2 Å². The lowest BCUT2D eigenvalue weighted by Gasteiger charge is -2.08. The number of nitrogens with one attached hydrogen (secondary N) is 2. The molecule has 1 aromatic carbocycles. The van der Waals surface area contributed by atoms with Crippen LogP contribution in [-0.4, -0.2) is 20.9 Å². The predicted molar refractivity (Wildman–Crippen MR) is 105 cm³/mol. The molecule has 0 aliphatic carbocycles. The van der Waals surface area contributed by atoms with Gasteiger partial charge in [-0.25, -0.2) is 4.98 Å². The van der Waals surface area contributed by atoms with E-state index in [2.05, 4.69) is 20.3 Å². The van der Waals surface area contributed by atoms with Crippen LogP contribution in [-0.2, 0) is 13.1 Å². The van der Waals surface area contributed by atoms with Crippen LogP contribution in [0.5, 0.6) is 0 Å². The van der Waals surface area contributed by atoms with Gasteiger partial charge >= 0.3 is 0 Å². The first kappa shape index (κ1) is 16.9. The number of amides is 1. The van der Waals surface area contributed by atoms with Gasteiger partial charge in [0.1, 0.15) is 5.65 Å². The molecule has 6 heteroatoms. The number of carbonyl (C=O) groups is 1. The molecular formula is C21H19N5O. The van der Waals surface area contributed by atoms with Gasteiger partial charge < -0.3 is 16.0 Å². The van der Waals surface area contributed by atoms with Crippen LogP contribution in [0.15, 0.2) is 67.1 Å². The number of aromatic nitrogens is 3. The normalized spacial score (nSPS) is 11.0. The Kier molecular flexibility index (Phi) is 4.63. The monoisotopic (exact) mass is 357 g/mol. The summed E-state index contributed by atoms with van der Waals surface area (Å²) in [6.07, 6.45) is 5.35. The van der Waals surface area contributed by atoms with E-state index in [4.69, 9.17) is 5.73 Å². The van der Waals surface area contributed by atoms with Crippen molar-refractivity contribution in [2.75, 3.05) is 0 Å². The highest BCUT2D eigenvalue weighted by molar-refractivity contribution is 5.97. The maximum atomic E-state index is 11.3. The Balaban J connectivity index is 1.65. The Morgan fingerprint density at radius 3 is 2.52 bits per heavy atom. The molecule has 4 N–H and O–H groups in total. The van der Waals surface area contributed by atoms with Gasteiger partial charge in [-0.1, -0.05) is 12.1 Å². The number of hydrogen-bond donors (Lipinski definition) is 3. The molecule has 3 aromatic heterocycles. The maximum Gasteiger partial charge on any atom is 0.248 e. The number of pyridine rings is 2. The Morgan fingerprint density at radius 1 is 1.00 bits per heavy atom. The largest absolute Gasteiger partial charge is 0.366 e. The summed E-state index contributed by atoms with van der Waals surface area (Å²) >= 11 is 0. The Labute approximate surface area is 156 Å². The lowest BCUT2D eigenvalue weighted by atomic mass is 10.0. The second kappa shape index (κ2) is 7.39. The molecule has 0 saturated heterocycles. The molecule has 0 aliphatic rings. The average Bonchev–Trinajstić information content (AvgIpc) is 3.07. The summed E-state index contributed by atoms with van der Waals surface area (Å²) in [6.45, 7) is 1.40. The molecule has 134 valence electrons. The maximum absolute atomic E-state index is 11.3.